The number of nitrogens with one attached hydrogen (secondary N) is 1. The van der Waals surface area contributed by atoms with Gasteiger partial charge in [-0.05, 0) is 18.8 Å². The first-order valence-electron chi connectivity index (χ1n) is 6.56. The second-order valence-corrected chi connectivity index (χ2v) is 4.93. The normalized spacial score (nSPS) is 13.2. The molecule has 0 aromatic heterocycles. The average Bonchev–Trinajstić information content (AvgIpc) is 2.24. The van der Waals surface area contributed by atoms with Crippen molar-refractivity contribution < 1.29 is 4.79 Å². The van der Waals surface area contributed by atoms with Crippen LogP contribution in [-0.4, -0.2) is 18.5 Å². The molecule has 16 heavy (non-hydrogen) atoms. The molecule has 96 valence electrons. The van der Waals surface area contributed by atoms with Gasteiger partial charge in [-0.15, -0.1) is 0 Å². The highest BCUT2D eigenvalue weighted by atomic mass is 16.1. The zero-order valence-electron chi connectivity index (χ0n) is 11.3. The lowest BCUT2D eigenvalue weighted by Crippen LogP contribution is -2.42. The number of amides is 1. The summed E-state index contributed by atoms with van der Waals surface area (Å²) < 4.78 is 0. The molecule has 0 aliphatic carbocycles. The van der Waals surface area contributed by atoms with Gasteiger partial charge in [-0.3, -0.25) is 4.79 Å². The highest BCUT2D eigenvalue weighted by Gasteiger charge is 2.17. The summed E-state index contributed by atoms with van der Waals surface area (Å²) in [6.45, 7) is 8.99. The number of carbonyl (C=O) groups is 1. The molecule has 1 atom stereocenters. The SMILES string of the molecule is CCCC(CCC)C(=O)NCC(N)C(C)C. The topological polar surface area (TPSA) is 55.1 Å². The van der Waals surface area contributed by atoms with E-state index in [1.165, 1.54) is 0 Å². The lowest BCUT2D eigenvalue weighted by atomic mass is 9.97. The molecule has 3 nitrogen and oxygen atoms in total. The highest BCUT2D eigenvalue weighted by molar-refractivity contribution is 5.78. The Morgan fingerprint density at radius 1 is 1.19 bits per heavy atom. The Balaban J connectivity index is 3.99. The van der Waals surface area contributed by atoms with Crippen LogP contribution in [0, 0.1) is 11.8 Å². The lowest BCUT2D eigenvalue weighted by molar-refractivity contribution is -0.125. The molecule has 0 aliphatic heterocycles. The minimum Gasteiger partial charge on any atom is -0.354 e. The predicted octanol–water partition coefficient (Wildman–Crippen LogP) is 2.30. The maximum Gasteiger partial charge on any atom is 0.223 e. The molecule has 3 heteroatoms. The van der Waals surface area contributed by atoms with Crippen molar-refractivity contribution in [3.8, 4) is 0 Å². The van der Waals surface area contributed by atoms with Gasteiger partial charge in [0.05, 0.1) is 0 Å². The summed E-state index contributed by atoms with van der Waals surface area (Å²) in [6.07, 6.45) is 4.09. The number of rotatable bonds is 8. The van der Waals surface area contributed by atoms with Crippen LogP contribution in [0.2, 0.25) is 0 Å². The smallest absolute Gasteiger partial charge is 0.223 e. The van der Waals surface area contributed by atoms with Crippen LogP contribution in [0.25, 0.3) is 0 Å². The van der Waals surface area contributed by atoms with Gasteiger partial charge in [0.2, 0.25) is 5.91 Å². The summed E-state index contributed by atoms with van der Waals surface area (Å²) in [6, 6.07) is 0.0628. The van der Waals surface area contributed by atoms with Crippen LogP contribution in [0.3, 0.4) is 0 Å². The molecule has 0 heterocycles. The minimum absolute atomic E-state index is 0.0628. The number of nitrogens with two attached hydrogens (primary N) is 1. The number of hydrogen-bond acceptors (Lipinski definition) is 2. The summed E-state index contributed by atoms with van der Waals surface area (Å²) >= 11 is 0. The largest absolute Gasteiger partial charge is 0.354 e. The Hall–Kier alpha value is -0.570. The molecule has 0 rings (SSSR count). The van der Waals surface area contributed by atoms with Crippen molar-refractivity contribution in [3.63, 3.8) is 0 Å². The van der Waals surface area contributed by atoms with Gasteiger partial charge in [-0.25, -0.2) is 0 Å². The van der Waals surface area contributed by atoms with Crippen molar-refractivity contribution in [2.45, 2.75) is 59.4 Å². The Bertz CT molecular complexity index is 186. The van der Waals surface area contributed by atoms with Gasteiger partial charge in [-0.1, -0.05) is 40.5 Å². The summed E-state index contributed by atoms with van der Waals surface area (Å²) in [7, 11) is 0. The van der Waals surface area contributed by atoms with Crippen LogP contribution < -0.4 is 11.1 Å². The second kappa shape index (κ2) is 8.57. The standard InChI is InChI=1S/C13H28N2O/c1-5-7-11(8-6-2)13(16)15-9-12(14)10(3)4/h10-12H,5-9,14H2,1-4H3,(H,15,16). The maximum atomic E-state index is 11.9. The van der Waals surface area contributed by atoms with E-state index in [1.54, 1.807) is 0 Å². The van der Waals surface area contributed by atoms with E-state index >= 15 is 0 Å². The monoisotopic (exact) mass is 228 g/mol. The molecule has 0 fully saturated rings. The molecule has 3 N–H and O–H groups in total. The van der Waals surface area contributed by atoms with Crippen LogP contribution in [0.15, 0.2) is 0 Å². The molecule has 1 unspecified atom stereocenters. The van der Waals surface area contributed by atoms with E-state index < -0.39 is 0 Å². The van der Waals surface area contributed by atoms with Gasteiger partial charge in [0, 0.05) is 18.5 Å². The van der Waals surface area contributed by atoms with Crippen molar-refractivity contribution in [1.82, 2.24) is 5.32 Å². The first-order chi connectivity index (χ1) is 7.52. The Morgan fingerprint density at radius 3 is 2.06 bits per heavy atom. The molecule has 0 saturated heterocycles. The van der Waals surface area contributed by atoms with Crippen molar-refractivity contribution in [2.75, 3.05) is 6.54 Å². The maximum absolute atomic E-state index is 11.9. The quantitative estimate of drug-likeness (QED) is 0.670. The molecule has 0 aliphatic rings. The molecule has 0 spiro atoms. The van der Waals surface area contributed by atoms with E-state index in [0.29, 0.717) is 12.5 Å². The van der Waals surface area contributed by atoms with Gasteiger partial charge in [0.1, 0.15) is 0 Å². The van der Waals surface area contributed by atoms with Crippen molar-refractivity contribution in [3.05, 3.63) is 0 Å². The molecular weight excluding hydrogens is 200 g/mol. The summed E-state index contributed by atoms with van der Waals surface area (Å²) in [5.74, 6) is 0.769. The fraction of sp³-hybridized carbons (Fsp3) is 0.923. The predicted molar refractivity (Wildman–Crippen MR) is 69.1 cm³/mol. The van der Waals surface area contributed by atoms with Gasteiger partial charge in [0.15, 0.2) is 0 Å². The third-order valence-electron chi connectivity index (χ3n) is 3.01. The molecule has 1 amide bonds. The minimum atomic E-state index is 0.0628. The molecule has 0 aromatic rings. The van der Waals surface area contributed by atoms with Crippen molar-refractivity contribution in [1.29, 1.82) is 0 Å². The van der Waals surface area contributed by atoms with E-state index in [9.17, 15) is 4.79 Å². The zero-order valence-corrected chi connectivity index (χ0v) is 11.3. The Morgan fingerprint density at radius 2 is 1.69 bits per heavy atom. The Labute approximate surface area is 100 Å². The average molecular weight is 228 g/mol. The van der Waals surface area contributed by atoms with Crippen LogP contribution in [-0.2, 0) is 4.79 Å². The number of hydrogen-bond donors (Lipinski definition) is 2. The van der Waals surface area contributed by atoms with Crippen molar-refractivity contribution in [2.24, 2.45) is 17.6 Å². The van der Waals surface area contributed by atoms with Crippen molar-refractivity contribution >= 4 is 5.91 Å². The lowest BCUT2D eigenvalue weighted by Gasteiger charge is -2.19. The fourth-order valence-electron chi connectivity index (χ4n) is 1.70. The molecule has 0 radical (unpaired) electrons. The van der Waals surface area contributed by atoms with E-state index in [2.05, 4.69) is 33.0 Å². The second-order valence-electron chi connectivity index (χ2n) is 4.93. The molecule has 0 saturated carbocycles. The van der Waals surface area contributed by atoms with Gasteiger partial charge >= 0.3 is 0 Å². The van der Waals surface area contributed by atoms with E-state index in [0.717, 1.165) is 25.7 Å². The van der Waals surface area contributed by atoms with Gasteiger partial charge < -0.3 is 11.1 Å². The van der Waals surface area contributed by atoms with Crippen LogP contribution in [0.4, 0.5) is 0 Å². The summed E-state index contributed by atoms with van der Waals surface area (Å²) in [4.78, 5) is 11.9. The molecular formula is C13H28N2O. The number of carbonyl (C=O) groups excluding carboxylic acids is 1. The zero-order chi connectivity index (χ0) is 12.6. The Kier molecular flexibility index (Phi) is 8.26. The molecule has 0 bridgehead atoms. The van der Waals surface area contributed by atoms with Gasteiger partial charge in [0.25, 0.3) is 0 Å². The fourth-order valence-corrected chi connectivity index (χ4v) is 1.70. The van der Waals surface area contributed by atoms with E-state index in [-0.39, 0.29) is 17.9 Å². The molecule has 0 aromatic carbocycles. The highest BCUT2D eigenvalue weighted by Crippen LogP contribution is 2.13. The summed E-state index contributed by atoms with van der Waals surface area (Å²) in [5, 5.41) is 2.97. The van der Waals surface area contributed by atoms with Crippen LogP contribution in [0.1, 0.15) is 53.4 Å². The van der Waals surface area contributed by atoms with Crippen LogP contribution in [0.5, 0.6) is 0 Å². The van der Waals surface area contributed by atoms with Gasteiger partial charge in [-0.2, -0.15) is 0 Å². The first-order valence-corrected chi connectivity index (χ1v) is 6.56. The third-order valence-corrected chi connectivity index (χ3v) is 3.01. The van der Waals surface area contributed by atoms with E-state index in [1.807, 2.05) is 0 Å². The third kappa shape index (κ3) is 6.11. The van der Waals surface area contributed by atoms with Crippen LogP contribution >= 0.6 is 0 Å². The first kappa shape index (κ1) is 15.4. The van der Waals surface area contributed by atoms with E-state index in [4.69, 9.17) is 5.73 Å². The summed E-state index contributed by atoms with van der Waals surface area (Å²) in [5.41, 5.74) is 5.90.